The zero-order valence-electron chi connectivity index (χ0n) is 17.9. The average Bonchev–Trinajstić information content (AvgIpc) is 3.13. The maximum atomic E-state index is 14.2. The third kappa shape index (κ3) is 4.95. The third-order valence-corrected chi connectivity index (χ3v) is 6.13. The summed E-state index contributed by atoms with van der Waals surface area (Å²) in [7, 11) is 2.14. The Bertz CT molecular complexity index is 1110. The number of piperidine rings is 1. The number of pyridine rings is 1. The summed E-state index contributed by atoms with van der Waals surface area (Å²) in [5, 5.41) is 13.3. The maximum absolute atomic E-state index is 14.2. The van der Waals surface area contributed by atoms with Gasteiger partial charge in [0.15, 0.2) is 0 Å². The van der Waals surface area contributed by atoms with Gasteiger partial charge in [-0.3, -0.25) is 10.0 Å². The van der Waals surface area contributed by atoms with Crippen LogP contribution in [0.2, 0.25) is 0 Å². The van der Waals surface area contributed by atoms with Crippen LogP contribution in [0.5, 0.6) is 0 Å². The second-order valence-electron chi connectivity index (χ2n) is 8.42. The molecule has 2 aromatic heterocycles. The van der Waals surface area contributed by atoms with Crippen molar-refractivity contribution in [2.45, 2.75) is 25.9 Å². The number of carbonyl (C=O) groups excluding carboxylic acids is 1. The number of nitrogens with zero attached hydrogens (tertiary/aromatic N) is 3. The molecule has 1 aromatic carbocycles. The van der Waals surface area contributed by atoms with Crippen LogP contribution in [0, 0.1) is 17.6 Å². The Morgan fingerprint density at radius 1 is 1.22 bits per heavy atom. The number of nitrogens with one attached hydrogen (secondary N) is 2. The molecule has 0 atom stereocenters. The first kappa shape index (κ1) is 22.3. The zero-order valence-corrected chi connectivity index (χ0v) is 17.9. The smallest absolute Gasteiger partial charge is 0.293 e. The molecule has 1 amide bonds. The van der Waals surface area contributed by atoms with Crippen LogP contribution in [-0.2, 0) is 13.1 Å². The summed E-state index contributed by atoms with van der Waals surface area (Å²) in [6.07, 6.45) is 5.74. The van der Waals surface area contributed by atoms with E-state index in [1.54, 1.807) is 11.5 Å². The van der Waals surface area contributed by atoms with Crippen molar-refractivity contribution in [3.63, 3.8) is 0 Å². The van der Waals surface area contributed by atoms with Crippen molar-refractivity contribution in [3.8, 4) is 0 Å². The van der Waals surface area contributed by atoms with E-state index in [1.807, 2.05) is 10.8 Å². The van der Waals surface area contributed by atoms with E-state index in [-0.39, 0.29) is 12.2 Å². The molecule has 0 saturated carbocycles. The Kier molecular flexibility index (Phi) is 6.78. The summed E-state index contributed by atoms with van der Waals surface area (Å²) < 4.78 is 29.4. The Morgan fingerprint density at radius 3 is 2.72 bits per heavy atom. The fourth-order valence-corrected chi connectivity index (χ4v) is 4.23. The first-order chi connectivity index (χ1) is 15.4. The number of hydrogen-bond acceptors (Lipinski definition) is 5. The van der Waals surface area contributed by atoms with E-state index in [9.17, 15) is 13.6 Å². The van der Waals surface area contributed by atoms with Gasteiger partial charge in [-0.25, -0.2) is 19.2 Å². The van der Waals surface area contributed by atoms with Gasteiger partial charge in [-0.1, -0.05) is 6.07 Å². The van der Waals surface area contributed by atoms with E-state index in [0.717, 1.165) is 55.0 Å². The van der Waals surface area contributed by atoms with Crippen LogP contribution in [0.1, 0.15) is 34.5 Å². The fraction of sp³-hybridized carbons (Fsp3) is 0.391. The van der Waals surface area contributed by atoms with Crippen molar-refractivity contribution in [3.05, 3.63) is 65.1 Å². The molecule has 32 heavy (non-hydrogen) atoms. The van der Waals surface area contributed by atoms with Crippen molar-refractivity contribution in [2.75, 3.05) is 26.7 Å². The van der Waals surface area contributed by atoms with Crippen molar-refractivity contribution in [2.24, 2.45) is 5.92 Å². The minimum Gasteiger partial charge on any atom is -0.341 e. The van der Waals surface area contributed by atoms with E-state index in [4.69, 9.17) is 5.21 Å². The van der Waals surface area contributed by atoms with Gasteiger partial charge in [0.2, 0.25) is 0 Å². The molecule has 3 N–H and O–H groups in total. The zero-order chi connectivity index (χ0) is 22.7. The van der Waals surface area contributed by atoms with Crippen LogP contribution in [0.15, 0.2) is 36.7 Å². The lowest BCUT2D eigenvalue weighted by Gasteiger charge is -2.29. The largest absolute Gasteiger partial charge is 0.341 e. The van der Waals surface area contributed by atoms with Gasteiger partial charge in [-0.15, -0.1) is 0 Å². The second kappa shape index (κ2) is 9.72. The maximum Gasteiger partial charge on any atom is 0.293 e. The summed E-state index contributed by atoms with van der Waals surface area (Å²) in [6, 6.07) is 5.14. The van der Waals surface area contributed by atoms with E-state index >= 15 is 0 Å². The highest BCUT2D eigenvalue weighted by Crippen LogP contribution is 2.24. The molecule has 1 fully saturated rings. The minimum absolute atomic E-state index is 0.0854. The Labute approximate surface area is 185 Å². The summed E-state index contributed by atoms with van der Waals surface area (Å²) in [5.74, 6) is -1.32. The Balaban J connectivity index is 1.58. The second-order valence-corrected chi connectivity index (χ2v) is 8.42. The quantitative estimate of drug-likeness (QED) is 0.386. The number of carbonyl (C=O) groups is 1. The van der Waals surface area contributed by atoms with Crippen molar-refractivity contribution < 1.29 is 18.8 Å². The lowest BCUT2D eigenvalue weighted by atomic mass is 9.97. The van der Waals surface area contributed by atoms with Gasteiger partial charge in [0.05, 0.1) is 18.3 Å². The third-order valence-electron chi connectivity index (χ3n) is 6.13. The predicted octanol–water partition coefficient (Wildman–Crippen LogP) is 2.91. The normalized spacial score (nSPS) is 15.4. The molecular formula is C23H27F2N5O2. The summed E-state index contributed by atoms with van der Waals surface area (Å²) in [6.45, 7) is 3.86. The molecule has 7 nitrogen and oxygen atoms in total. The minimum atomic E-state index is -0.700. The van der Waals surface area contributed by atoms with Crippen LogP contribution in [0.4, 0.5) is 8.78 Å². The van der Waals surface area contributed by atoms with Gasteiger partial charge in [-0.2, -0.15) is 0 Å². The van der Waals surface area contributed by atoms with E-state index < -0.39 is 17.5 Å². The topological polar surface area (TPSA) is 82.4 Å². The molecule has 4 rings (SSSR count). The number of benzene rings is 1. The van der Waals surface area contributed by atoms with Crippen LogP contribution < -0.4 is 10.8 Å². The molecule has 9 heteroatoms. The molecular weight excluding hydrogens is 416 g/mol. The standard InChI is InChI=1S/C23H27F2N5O2/c1-29-6-4-15(5-7-29)10-26-11-17-14-30(13-16-2-3-18(24)8-20(16)25)22-12-27-21(9-19(17)22)23(31)28-32/h2-3,8-9,12,14-15,26,32H,4-7,10-11,13H2,1H3,(H,28,31). The number of halogens is 2. The number of rotatable bonds is 7. The Hall–Kier alpha value is -2.88. The van der Waals surface area contributed by atoms with Crippen LogP contribution in [0.3, 0.4) is 0 Å². The summed E-state index contributed by atoms with van der Waals surface area (Å²) in [5.41, 5.74) is 3.70. The molecule has 0 aliphatic carbocycles. The average molecular weight is 443 g/mol. The van der Waals surface area contributed by atoms with Crippen molar-refractivity contribution >= 4 is 16.8 Å². The van der Waals surface area contributed by atoms with E-state index in [2.05, 4.69) is 22.2 Å². The van der Waals surface area contributed by atoms with Gasteiger partial charge < -0.3 is 14.8 Å². The first-order valence-corrected chi connectivity index (χ1v) is 10.7. The predicted molar refractivity (Wildman–Crippen MR) is 116 cm³/mol. The van der Waals surface area contributed by atoms with Crippen molar-refractivity contribution in [1.29, 1.82) is 0 Å². The van der Waals surface area contributed by atoms with Crippen LogP contribution in [0.25, 0.3) is 10.9 Å². The van der Waals surface area contributed by atoms with Gasteiger partial charge in [0, 0.05) is 29.8 Å². The number of aromatic nitrogens is 2. The number of hydroxylamine groups is 1. The van der Waals surface area contributed by atoms with Crippen LogP contribution in [-0.4, -0.2) is 52.2 Å². The number of hydrogen-bond donors (Lipinski definition) is 3. The number of likely N-dealkylation sites (tertiary alicyclic amines) is 1. The summed E-state index contributed by atoms with van der Waals surface area (Å²) in [4.78, 5) is 18.3. The van der Waals surface area contributed by atoms with Crippen LogP contribution >= 0.6 is 0 Å². The molecule has 0 unspecified atom stereocenters. The van der Waals surface area contributed by atoms with Gasteiger partial charge in [0.1, 0.15) is 17.3 Å². The van der Waals surface area contributed by atoms with Gasteiger partial charge in [-0.05, 0) is 63.1 Å². The lowest BCUT2D eigenvalue weighted by Crippen LogP contribution is -2.34. The van der Waals surface area contributed by atoms with Gasteiger partial charge >= 0.3 is 0 Å². The first-order valence-electron chi connectivity index (χ1n) is 10.7. The molecule has 1 aliphatic heterocycles. The highest BCUT2D eigenvalue weighted by atomic mass is 19.1. The van der Waals surface area contributed by atoms with Crippen molar-refractivity contribution in [1.82, 2.24) is 25.2 Å². The Morgan fingerprint density at radius 2 is 2.00 bits per heavy atom. The van der Waals surface area contributed by atoms with Gasteiger partial charge in [0.25, 0.3) is 5.91 Å². The molecule has 0 bridgehead atoms. The molecule has 1 saturated heterocycles. The number of fused-ring (bicyclic) bond motifs is 1. The molecule has 0 spiro atoms. The monoisotopic (exact) mass is 443 g/mol. The highest BCUT2D eigenvalue weighted by Gasteiger charge is 2.18. The molecule has 1 aliphatic rings. The van der Waals surface area contributed by atoms with E-state index in [1.165, 1.54) is 18.3 Å². The highest BCUT2D eigenvalue weighted by molar-refractivity contribution is 5.96. The molecule has 3 heterocycles. The fourth-order valence-electron chi connectivity index (χ4n) is 4.23. The lowest BCUT2D eigenvalue weighted by molar-refractivity contribution is 0.0701. The molecule has 3 aromatic rings. The SMILES string of the molecule is CN1CCC(CNCc2cn(Cc3ccc(F)cc3F)c3cnc(C(=O)NO)cc23)CC1. The molecule has 170 valence electrons. The molecule has 0 radical (unpaired) electrons. The summed E-state index contributed by atoms with van der Waals surface area (Å²) >= 11 is 0. The van der Waals surface area contributed by atoms with E-state index in [0.29, 0.717) is 18.0 Å². The number of amides is 1.